The Morgan fingerprint density at radius 2 is 1.76 bits per heavy atom. The second kappa shape index (κ2) is 15.0. The SMILES string of the molecule is CCCc1c(OCCCSCC2(CC)SC(CCC(=O)O)(CCC(=O)O)OC2CC)ccc(C(C)=O)c1O. The summed E-state index contributed by atoms with van der Waals surface area (Å²) in [5, 5.41) is 29.0. The molecule has 0 spiro atoms. The molecule has 3 N–H and O–H groups in total. The van der Waals surface area contributed by atoms with Gasteiger partial charge in [0.15, 0.2) is 5.78 Å². The molecule has 0 bridgehead atoms. The topological polar surface area (TPSA) is 130 Å². The maximum absolute atomic E-state index is 11.8. The van der Waals surface area contributed by atoms with Gasteiger partial charge in [0.2, 0.25) is 0 Å². The fourth-order valence-corrected chi connectivity index (χ4v) is 8.35. The van der Waals surface area contributed by atoms with Crippen molar-refractivity contribution in [2.45, 2.75) is 101 Å². The summed E-state index contributed by atoms with van der Waals surface area (Å²) in [4.78, 5) is 33.6. The molecule has 1 saturated heterocycles. The molecule has 0 saturated carbocycles. The number of phenolic OH excluding ortho intramolecular Hbond substituents is 1. The van der Waals surface area contributed by atoms with Crippen molar-refractivity contribution in [3.63, 3.8) is 0 Å². The zero-order valence-corrected chi connectivity index (χ0v) is 24.5. The van der Waals surface area contributed by atoms with Gasteiger partial charge in [0.25, 0.3) is 0 Å². The number of Topliss-reactive ketones (excluding diaryl/α,β-unsaturated/α-hetero) is 1. The van der Waals surface area contributed by atoms with Crippen molar-refractivity contribution < 1.29 is 39.2 Å². The minimum Gasteiger partial charge on any atom is -0.507 e. The Labute approximate surface area is 234 Å². The molecule has 0 radical (unpaired) electrons. The van der Waals surface area contributed by atoms with E-state index in [1.807, 2.05) is 6.92 Å². The van der Waals surface area contributed by atoms with E-state index in [1.165, 1.54) is 6.92 Å². The molecule has 1 aliphatic rings. The molecule has 1 fully saturated rings. The van der Waals surface area contributed by atoms with Crippen molar-refractivity contribution in [1.29, 1.82) is 0 Å². The van der Waals surface area contributed by atoms with Gasteiger partial charge < -0.3 is 24.8 Å². The first-order valence-corrected chi connectivity index (χ1v) is 15.4. The van der Waals surface area contributed by atoms with E-state index in [4.69, 9.17) is 9.47 Å². The Balaban J connectivity index is 1.99. The normalized spacial score (nSPS) is 20.4. The van der Waals surface area contributed by atoms with Crippen molar-refractivity contribution in [3.05, 3.63) is 23.3 Å². The van der Waals surface area contributed by atoms with Crippen LogP contribution in [0.2, 0.25) is 0 Å². The summed E-state index contributed by atoms with van der Waals surface area (Å²) >= 11 is 3.43. The van der Waals surface area contributed by atoms with Crippen LogP contribution in [0.3, 0.4) is 0 Å². The van der Waals surface area contributed by atoms with Crippen molar-refractivity contribution in [3.8, 4) is 11.5 Å². The third kappa shape index (κ3) is 8.55. The quantitative estimate of drug-likeness (QED) is 0.139. The molecule has 0 amide bonds. The van der Waals surface area contributed by atoms with E-state index in [0.29, 0.717) is 29.9 Å². The van der Waals surface area contributed by atoms with Gasteiger partial charge in [-0.15, -0.1) is 11.8 Å². The number of ether oxygens (including phenoxy) is 2. The smallest absolute Gasteiger partial charge is 0.303 e. The molecule has 0 aliphatic carbocycles. The molecular weight excluding hydrogens is 528 g/mol. The van der Waals surface area contributed by atoms with Crippen LogP contribution in [0.4, 0.5) is 0 Å². The molecule has 1 aliphatic heterocycles. The Bertz CT molecular complexity index is 948. The Morgan fingerprint density at radius 1 is 1.11 bits per heavy atom. The number of benzene rings is 1. The summed E-state index contributed by atoms with van der Waals surface area (Å²) in [5.74, 6) is 0.270. The zero-order valence-electron chi connectivity index (χ0n) is 22.9. The minimum atomic E-state index is -0.910. The highest BCUT2D eigenvalue weighted by Gasteiger charge is 2.54. The number of hydrogen-bond acceptors (Lipinski definition) is 8. The average molecular weight is 571 g/mol. The minimum absolute atomic E-state index is 0.00857. The second-order valence-electron chi connectivity index (χ2n) is 9.73. The molecule has 1 aromatic carbocycles. The van der Waals surface area contributed by atoms with Crippen LogP contribution < -0.4 is 4.74 Å². The third-order valence-corrected chi connectivity index (χ3v) is 10.4. The number of aromatic hydroxyl groups is 1. The average Bonchev–Trinajstić information content (AvgIpc) is 3.19. The van der Waals surface area contributed by atoms with E-state index in [-0.39, 0.29) is 48.1 Å². The van der Waals surface area contributed by atoms with Crippen molar-refractivity contribution in [1.82, 2.24) is 0 Å². The monoisotopic (exact) mass is 570 g/mol. The van der Waals surface area contributed by atoms with Crippen LogP contribution in [-0.4, -0.2) is 66.9 Å². The summed E-state index contributed by atoms with van der Waals surface area (Å²) in [5.41, 5.74) is 0.980. The molecule has 214 valence electrons. The number of aliphatic carboxylic acids is 2. The molecule has 1 heterocycles. The van der Waals surface area contributed by atoms with Crippen LogP contribution in [0.25, 0.3) is 0 Å². The summed E-state index contributed by atoms with van der Waals surface area (Å²) in [6.45, 7) is 8.09. The van der Waals surface area contributed by atoms with Gasteiger partial charge in [-0.1, -0.05) is 27.2 Å². The lowest BCUT2D eigenvalue weighted by Crippen LogP contribution is -2.37. The van der Waals surface area contributed by atoms with Gasteiger partial charge in [0, 0.05) is 24.2 Å². The number of rotatable bonds is 18. The zero-order chi connectivity index (χ0) is 28.3. The van der Waals surface area contributed by atoms with Crippen LogP contribution in [-0.2, 0) is 20.7 Å². The Kier molecular flexibility index (Phi) is 12.8. The number of carboxylic acids is 2. The van der Waals surface area contributed by atoms with Gasteiger partial charge in [0.1, 0.15) is 16.4 Å². The summed E-state index contributed by atoms with van der Waals surface area (Å²) in [6.07, 6.45) is 4.21. The second-order valence-corrected chi connectivity index (χ2v) is 12.6. The van der Waals surface area contributed by atoms with Crippen molar-refractivity contribution >= 4 is 41.2 Å². The van der Waals surface area contributed by atoms with E-state index >= 15 is 0 Å². The van der Waals surface area contributed by atoms with E-state index in [9.17, 15) is 29.7 Å². The maximum Gasteiger partial charge on any atom is 0.303 e. The Morgan fingerprint density at radius 3 is 2.29 bits per heavy atom. The predicted molar refractivity (Wildman–Crippen MR) is 152 cm³/mol. The molecule has 1 aromatic rings. The summed E-state index contributed by atoms with van der Waals surface area (Å²) in [7, 11) is 0. The molecule has 8 nitrogen and oxygen atoms in total. The third-order valence-electron chi connectivity index (χ3n) is 6.90. The molecule has 2 rings (SSSR count). The van der Waals surface area contributed by atoms with Crippen molar-refractivity contribution in [2.24, 2.45) is 0 Å². The molecule has 2 unspecified atom stereocenters. The van der Waals surface area contributed by atoms with Gasteiger partial charge in [-0.3, -0.25) is 14.4 Å². The number of carbonyl (C=O) groups is 3. The fourth-order valence-electron chi connectivity index (χ4n) is 4.86. The van der Waals surface area contributed by atoms with Crippen LogP contribution in [0.15, 0.2) is 12.1 Å². The number of thioether (sulfide) groups is 2. The highest BCUT2D eigenvalue weighted by molar-refractivity contribution is 8.04. The first-order chi connectivity index (χ1) is 18.0. The van der Waals surface area contributed by atoms with Crippen molar-refractivity contribution in [2.75, 3.05) is 18.1 Å². The largest absolute Gasteiger partial charge is 0.507 e. The molecule has 0 aromatic heterocycles. The van der Waals surface area contributed by atoms with Gasteiger partial charge in [-0.2, -0.15) is 11.8 Å². The number of carbonyl (C=O) groups excluding carboxylic acids is 1. The highest BCUT2D eigenvalue weighted by Crippen LogP contribution is 2.57. The molecular formula is C28H42O8S2. The lowest BCUT2D eigenvalue weighted by atomic mass is 9.98. The van der Waals surface area contributed by atoms with Gasteiger partial charge in [-0.05, 0) is 63.3 Å². The standard InChI is InChI=1S/C28H42O8S2/c1-5-9-21-22(11-10-20(19(4)29)26(21)34)35-16-8-17-37-18-27(7-3)23(6-2)36-28(38-27,14-12-24(30)31)15-13-25(32)33/h10-11,23,34H,5-9,12-18H2,1-4H3,(H,30,31)(H,32,33). The van der Waals surface area contributed by atoms with E-state index < -0.39 is 16.9 Å². The maximum atomic E-state index is 11.8. The predicted octanol–water partition coefficient (Wildman–Crippen LogP) is 6.17. The lowest BCUT2D eigenvalue weighted by molar-refractivity contribution is -0.139. The molecule has 2 atom stereocenters. The van der Waals surface area contributed by atoms with Crippen LogP contribution in [0, 0.1) is 0 Å². The summed E-state index contributed by atoms with van der Waals surface area (Å²) in [6, 6.07) is 3.36. The molecule has 38 heavy (non-hydrogen) atoms. The van der Waals surface area contributed by atoms with Crippen LogP contribution in [0.5, 0.6) is 11.5 Å². The number of phenols is 1. The first kappa shape index (κ1) is 32.3. The summed E-state index contributed by atoms with van der Waals surface area (Å²) < 4.78 is 12.2. The van der Waals surface area contributed by atoms with Gasteiger partial charge in [-0.25, -0.2) is 0 Å². The highest BCUT2D eigenvalue weighted by atomic mass is 32.2. The Hall–Kier alpha value is -1.91. The van der Waals surface area contributed by atoms with E-state index in [1.54, 1.807) is 35.7 Å². The van der Waals surface area contributed by atoms with E-state index in [2.05, 4.69) is 13.8 Å². The first-order valence-electron chi connectivity index (χ1n) is 13.4. The van der Waals surface area contributed by atoms with Gasteiger partial charge in [0.05, 0.1) is 23.0 Å². The van der Waals surface area contributed by atoms with Crippen LogP contribution >= 0.6 is 23.5 Å². The fraction of sp³-hybridized carbons (Fsp3) is 0.679. The van der Waals surface area contributed by atoms with Gasteiger partial charge >= 0.3 is 11.9 Å². The lowest BCUT2D eigenvalue weighted by Gasteiger charge is -2.32. The number of hydrogen-bond donors (Lipinski definition) is 3. The van der Waals surface area contributed by atoms with E-state index in [0.717, 1.165) is 37.2 Å². The number of ketones is 1. The van der Waals surface area contributed by atoms with Crippen LogP contribution in [0.1, 0.15) is 95.0 Å². The molecule has 10 heteroatoms. The number of carboxylic acid groups (broad SMARTS) is 2.